The summed E-state index contributed by atoms with van der Waals surface area (Å²) in [5.74, 6) is 0.248. The topological polar surface area (TPSA) is 30.4 Å². The highest BCUT2D eigenvalue weighted by Crippen LogP contribution is 2.25. The second-order valence-corrected chi connectivity index (χ2v) is 3.13. The molecule has 3 nitrogen and oxygen atoms in total. The minimum atomic E-state index is 0.245. The quantitative estimate of drug-likeness (QED) is 0.662. The molecule has 0 saturated carbocycles. The lowest BCUT2D eigenvalue weighted by Gasteiger charge is -1.97. The van der Waals surface area contributed by atoms with E-state index in [0.29, 0.717) is 0 Å². The van der Waals surface area contributed by atoms with Crippen LogP contribution in [0.2, 0.25) is 5.22 Å². The van der Waals surface area contributed by atoms with Crippen molar-refractivity contribution in [1.29, 1.82) is 0 Å². The lowest BCUT2D eigenvalue weighted by Crippen LogP contribution is -1.92. The van der Waals surface area contributed by atoms with Crippen LogP contribution in [-0.4, -0.2) is 5.16 Å². The van der Waals surface area contributed by atoms with Gasteiger partial charge in [-0.25, -0.2) is 6.57 Å². The fourth-order valence-corrected chi connectivity index (χ4v) is 1.17. The highest BCUT2D eigenvalue weighted by Gasteiger charge is 2.18. The van der Waals surface area contributed by atoms with Gasteiger partial charge in [-0.2, -0.15) is 0 Å². The van der Waals surface area contributed by atoms with Crippen molar-refractivity contribution in [1.82, 2.24) is 5.16 Å². The number of hydrogen-bond acceptors (Lipinski definition) is 2. The van der Waals surface area contributed by atoms with Crippen LogP contribution in [0, 0.1) is 6.57 Å². The van der Waals surface area contributed by atoms with Crippen molar-refractivity contribution < 1.29 is 4.52 Å². The molecule has 1 aromatic heterocycles. The molecule has 0 aliphatic carbocycles. The molecule has 0 aliphatic heterocycles. The molecular formula is C8H9ClN2O. The second-order valence-electron chi connectivity index (χ2n) is 2.79. The first-order chi connectivity index (χ1) is 5.66. The van der Waals surface area contributed by atoms with E-state index in [4.69, 9.17) is 22.7 Å². The average molecular weight is 185 g/mol. The van der Waals surface area contributed by atoms with Gasteiger partial charge in [-0.1, -0.05) is 19.0 Å². The first kappa shape index (κ1) is 9.08. The summed E-state index contributed by atoms with van der Waals surface area (Å²) in [6, 6.07) is 0. The van der Waals surface area contributed by atoms with Gasteiger partial charge < -0.3 is 9.37 Å². The molecule has 1 aromatic rings. The van der Waals surface area contributed by atoms with Gasteiger partial charge >= 0.3 is 0 Å². The van der Waals surface area contributed by atoms with Gasteiger partial charge in [-0.05, 0) is 17.5 Å². The van der Waals surface area contributed by atoms with Gasteiger partial charge in [0.15, 0.2) is 0 Å². The molecule has 0 radical (unpaired) electrons. The van der Waals surface area contributed by atoms with E-state index in [2.05, 4.69) is 10.0 Å². The van der Waals surface area contributed by atoms with Gasteiger partial charge in [0, 0.05) is 0 Å². The van der Waals surface area contributed by atoms with Crippen molar-refractivity contribution in [2.75, 3.05) is 0 Å². The maximum atomic E-state index is 6.71. The van der Waals surface area contributed by atoms with Crippen LogP contribution in [0.5, 0.6) is 0 Å². The fourth-order valence-electron chi connectivity index (χ4n) is 0.976. The highest BCUT2D eigenvalue weighted by molar-refractivity contribution is 6.29. The Morgan fingerprint density at radius 1 is 1.67 bits per heavy atom. The molecule has 1 rings (SSSR count). The molecular weight excluding hydrogens is 176 g/mol. The lowest BCUT2D eigenvalue weighted by molar-refractivity contribution is 0.410. The van der Waals surface area contributed by atoms with Crippen LogP contribution in [0.3, 0.4) is 0 Å². The summed E-state index contributed by atoms with van der Waals surface area (Å²) in [5.41, 5.74) is 1.51. The van der Waals surface area contributed by atoms with Gasteiger partial charge in [0.05, 0.1) is 5.69 Å². The van der Waals surface area contributed by atoms with Crippen LogP contribution in [-0.2, 0) is 6.54 Å². The molecule has 1 heterocycles. The molecule has 12 heavy (non-hydrogen) atoms. The Morgan fingerprint density at radius 3 is 2.83 bits per heavy atom. The molecule has 0 aromatic carbocycles. The van der Waals surface area contributed by atoms with E-state index in [9.17, 15) is 0 Å². The van der Waals surface area contributed by atoms with Gasteiger partial charge in [-0.3, -0.25) is 0 Å². The second kappa shape index (κ2) is 3.59. The third-order valence-electron chi connectivity index (χ3n) is 1.55. The molecule has 64 valence electrons. The molecule has 0 amide bonds. The molecule has 0 aliphatic rings. The first-order valence-electron chi connectivity index (χ1n) is 3.64. The standard InChI is InChI=1S/C8H9ClN2O/c1-5(2)7-6(4-10-3)8(9)12-11-7/h5H,4H2,1-2H3. The van der Waals surface area contributed by atoms with Gasteiger partial charge in [0.25, 0.3) is 0 Å². The largest absolute Gasteiger partial charge is 0.344 e. The zero-order valence-corrected chi connectivity index (χ0v) is 7.72. The minimum Gasteiger partial charge on any atom is -0.344 e. The van der Waals surface area contributed by atoms with E-state index in [-0.39, 0.29) is 17.7 Å². The van der Waals surface area contributed by atoms with E-state index in [1.54, 1.807) is 0 Å². The summed E-state index contributed by atoms with van der Waals surface area (Å²) in [6.45, 7) is 10.9. The molecule has 0 fully saturated rings. The maximum absolute atomic E-state index is 6.71. The Morgan fingerprint density at radius 2 is 2.33 bits per heavy atom. The van der Waals surface area contributed by atoms with E-state index >= 15 is 0 Å². The minimum absolute atomic E-state index is 0.245. The predicted octanol–water partition coefficient (Wildman–Crippen LogP) is 2.87. The summed E-state index contributed by atoms with van der Waals surface area (Å²) in [5, 5.41) is 4.03. The van der Waals surface area contributed by atoms with Crippen LogP contribution in [0.25, 0.3) is 4.85 Å². The Hall–Kier alpha value is -1.01. The summed E-state index contributed by atoms with van der Waals surface area (Å²) >= 11 is 5.70. The van der Waals surface area contributed by atoms with Gasteiger partial charge in [-0.15, -0.1) is 0 Å². The lowest BCUT2D eigenvalue weighted by atomic mass is 10.1. The van der Waals surface area contributed by atoms with Crippen LogP contribution >= 0.6 is 11.6 Å². The van der Waals surface area contributed by atoms with Crippen molar-refractivity contribution in [2.24, 2.45) is 0 Å². The van der Waals surface area contributed by atoms with Crippen molar-refractivity contribution >= 4 is 11.6 Å². The molecule has 0 atom stereocenters. The highest BCUT2D eigenvalue weighted by atomic mass is 35.5. The zero-order chi connectivity index (χ0) is 9.14. The zero-order valence-electron chi connectivity index (χ0n) is 6.97. The van der Waals surface area contributed by atoms with Crippen molar-refractivity contribution in [3.63, 3.8) is 0 Å². The molecule has 0 unspecified atom stereocenters. The number of rotatable bonds is 2. The van der Waals surface area contributed by atoms with Crippen molar-refractivity contribution in [3.8, 4) is 0 Å². The maximum Gasteiger partial charge on any atom is 0.246 e. The van der Waals surface area contributed by atoms with E-state index in [0.717, 1.165) is 11.3 Å². The molecule has 0 spiro atoms. The molecule has 0 saturated heterocycles. The predicted molar refractivity (Wildman–Crippen MR) is 45.9 cm³/mol. The Balaban J connectivity index is 3.05. The van der Waals surface area contributed by atoms with E-state index in [1.807, 2.05) is 13.8 Å². The van der Waals surface area contributed by atoms with Crippen LogP contribution in [0.4, 0.5) is 0 Å². The smallest absolute Gasteiger partial charge is 0.246 e. The third kappa shape index (κ3) is 1.59. The normalized spacial score (nSPS) is 10.2. The molecule has 0 bridgehead atoms. The van der Waals surface area contributed by atoms with Crippen LogP contribution in [0.15, 0.2) is 4.52 Å². The average Bonchev–Trinajstić information content (AvgIpc) is 2.34. The van der Waals surface area contributed by atoms with E-state index < -0.39 is 0 Å². The number of halogens is 1. The van der Waals surface area contributed by atoms with Crippen LogP contribution in [0.1, 0.15) is 31.0 Å². The molecule has 0 N–H and O–H groups in total. The van der Waals surface area contributed by atoms with Crippen molar-refractivity contribution in [3.05, 3.63) is 27.9 Å². The van der Waals surface area contributed by atoms with Gasteiger partial charge in [0.1, 0.15) is 5.56 Å². The Labute approximate surface area is 76.1 Å². The summed E-state index contributed by atoms with van der Waals surface area (Å²) in [4.78, 5) is 3.25. The monoisotopic (exact) mass is 184 g/mol. The van der Waals surface area contributed by atoms with Crippen molar-refractivity contribution in [2.45, 2.75) is 26.3 Å². The number of nitrogens with zero attached hydrogens (tertiary/aromatic N) is 2. The Bertz CT molecular complexity index is 311. The summed E-state index contributed by atoms with van der Waals surface area (Å²) in [7, 11) is 0. The SMILES string of the molecule is [C-]#[N+]Cc1c(C(C)C)noc1Cl. The number of aromatic nitrogens is 1. The Kier molecular flexibility index (Phi) is 2.72. The summed E-state index contributed by atoms with van der Waals surface area (Å²) < 4.78 is 4.78. The number of hydrogen-bond donors (Lipinski definition) is 0. The van der Waals surface area contributed by atoms with Gasteiger partial charge in [0.2, 0.25) is 11.8 Å². The van der Waals surface area contributed by atoms with Crippen LogP contribution < -0.4 is 0 Å². The molecule has 4 heteroatoms. The summed E-state index contributed by atoms with van der Waals surface area (Å²) in [6.07, 6.45) is 0. The van der Waals surface area contributed by atoms with E-state index in [1.165, 1.54) is 0 Å². The third-order valence-corrected chi connectivity index (χ3v) is 1.85. The first-order valence-corrected chi connectivity index (χ1v) is 4.01. The fraction of sp³-hybridized carbons (Fsp3) is 0.500.